The van der Waals surface area contributed by atoms with Crippen LogP contribution in [-0.2, 0) is 6.42 Å². The number of benzene rings is 1. The Morgan fingerprint density at radius 2 is 2.06 bits per heavy atom. The van der Waals surface area contributed by atoms with Gasteiger partial charge >= 0.3 is 0 Å². The van der Waals surface area contributed by atoms with Gasteiger partial charge in [-0.15, -0.1) is 0 Å². The molecule has 0 radical (unpaired) electrons. The lowest BCUT2D eigenvalue weighted by Crippen LogP contribution is -2.15. The molecule has 0 N–H and O–H groups in total. The van der Waals surface area contributed by atoms with Gasteiger partial charge in [0, 0.05) is 13.6 Å². The Morgan fingerprint density at radius 1 is 1.38 bits per heavy atom. The smallest absolute Gasteiger partial charge is 0.179 e. The number of nitrogens with zero attached hydrogens (tertiary/aromatic N) is 2. The van der Waals surface area contributed by atoms with Gasteiger partial charge in [0.1, 0.15) is 5.75 Å². The van der Waals surface area contributed by atoms with E-state index in [0.717, 1.165) is 24.3 Å². The molecule has 1 aromatic rings. The van der Waals surface area contributed by atoms with E-state index in [0.29, 0.717) is 0 Å². The average molecular weight is 218 g/mol. The third-order valence-corrected chi connectivity index (χ3v) is 2.59. The first-order chi connectivity index (χ1) is 7.58. The highest BCUT2D eigenvalue weighted by Crippen LogP contribution is 2.25. The minimum absolute atomic E-state index is 0.718. The second kappa shape index (κ2) is 5.41. The first kappa shape index (κ1) is 12.4. The quantitative estimate of drug-likeness (QED) is 0.574. The summed E-state index contributed by atoms with van der Waals surface area (Å²) in [6, 6.07) is 4.23. The van der Waals surface area contributed by atoms with E-state index >= 15 is 0 Å². The molecule has 0 unspecified atom stereocenters. The van der Waals surface area contributed by atoms with Crippen molar-refractivity contribution in [2.45, 2.75) is 20.3 Å². The van der Waals surface area contributed by atoms with Crippen molar-refractivity contribution >= 4 is 0 Å². The fourth-order valence-corrected chi connectivity index (χ4v) is 1.86. The van der Waals surface area contributed by atoms with E-state index in [9.17, 15) is 0 Å². The lowest BCUT2D eigenvalue weighted by Gasteiger charge is -2.14. The first-order valence-electron chi connectivity index (χ1n) is 5.33. The van der Waals surface area contributed by atoms with Crippen LogP contribution < -0.4 is 4.74 Å². The first-order valence-corrected chi connectivity index (χ1v) is 5.33. The SMILES string of the molecule is COc1c(C)cc(C)cc1CCN(C)C#N. The molecule has 0 saturated carbocycles. The molecule has 0 atom stereocenters. The molecule has 1 rings (SSSR count). The van der Waals surface area contributed by atoms with Crippen molar-refractivity contribution in [3.8, 4) is 11.9 Å². The summed E-state index contributed by atoms with van der Waals surface area (Å²) in [6.45, 7) is 4.84. The third kappa shape index (κ3) is 2.90. The van der Waals surface area contributed by atoms with Crippen molar-refractivity contribution in [2.24, 2.45) is 0 Å². The number of ether oxygens (including phenoxy) is 1. The maximum absolute atomic E-state index is 8.69. The minimum Gasteiger partial charge on any atom is -0.496 e. The number of hydrogen-bond acceptors (Lipinski definition) is 3. The molecule has 3 heteroatoms. The topological polar surface area (TPSA) is 36.3 Å². The molecule has 3 nitrogen and oxygen atoms in total. The average Bonchev–Trinajstić information content (AvgIpc) is 2.25. The maximum Gasteiger partial charge on any atom is 0.179 e. The molecular formula is C13H18N2O. The molecule has 0 spiro atoms. The van der Waals surface area contributed by atoms with Crippen LogP contribution in [0, 0.1) is 25.3 Å². The van der Waals surface area contributed by atoms with Crippen LogP contribution in [0.1, 0.15) is 16.7 Å². The van der Waals surface area contributed by atoms with Gasteiger partial charge in [-0.3, -0.25) is 0 Å². The molecular weight excluding hydrogens is 200 g/mol. The zero-order valence-electron chi connectivity index (χ0n) is 10.4. The molecule has 0 aromatic heterocycles. The van der Waals surface area contributed by atoms with Gasteiger partial charge in [-0.25, -0.2) is 0 Å². The van der Waals surface area contributed by atoms with Crippen LogP contribution in [0.2, 0.25) is 0 Å². The van der Waals surface area contributed by atoms with Crippen molar-refractivity contribution in [1.82, 2.24) is 4.90 Å². The highest BCUT2D eigenvalue weighted by atomic mass is 16.5. The molecule has 0 fully saturated rings. The van der Waals surface area contributed by atoms with Gasteiger partial charge in [-0.2, -0.15) is 5.26 Å². The Morgan fingerprint density at radius 3 is 2.62 bits per heavy atom. The van der Waals surface area contributed by atoms with Gasteiger partial charge in [-0.1, -0.05) is 17.7 Å². The number of rotatable bonds is 4. The summed E-state index contributed by atoms with van der Waals surface area (Å²) in [5.41, 5.74) is 3.55. The Labute approximate surface area is 97.3 Å². The molecule has 16 heavy (non-hydrogen) atoms. The Bertz CT molecular complexity index is 407. The van der Waals surface area contributed by atoms with E-state index in [2.05, 4.69) is 25.2 Å². The third-order valence-electron chi connectivity index (χ3n) is 2.59. The van der Waals surface area contributed by atoms with Gasteiger partial charge in [-0.05, 0) is 31.4 Å². The lowest BCUT2D eigenvalue weighted by atomic mass is 10.0. The second-order valence-corrected chi connectivity index (χ2v) is 4.05. The van der Waals surface area contributed by atoms with Crippen LogP contribution in [0.15, 0.2) is 12.1 Å². The highest BCUT2D eigenvalue weighted by molar-refractivity contribution is 5.43. The number of likely N-dealkylation sites (N-methyl/N-ethyl adjacent to an activating group) is 1. The maximum atomic E-state index is 8.69. The summed E-state index contributed by atoms with van der Waals surface area (Å²) in [4.78, 5) is 1.62. The summed E-state index contributed by atoms with van der Waals surface area (Å²) in [5.74, 6) is 0.942. The molecule has 0 saturated heterocycles. The Kier molecular flexibility index (Phi) is 4.19. The minimum atomic E-state index is 0.718. The van der Waals surface area contributed by atoms with Crippen LogP contribution >= 0.6 is 0 Å². The van der Waals surface area contributed by atoms with Crippen molar-refractivity contribution in [2.75, 3.05) is 20.7 Å². The van der Waals surface area contributed by atoms with Crippen LogP contribution in [0.4, 0.5) is 0 Å². The van der Waals surface area contributed by atoms with Gasteiger partial charge in [0.05, 0.1) is 7.11 Å². The molecule has 1 aromatic carbocycles. The van der Waals surface area contributed by atoms with Gasteiger partial charge < -0.3 is 9.64 Å². The number of aryl methyl sites for hydroxylation is 2. The number of hydrogen-bond donors (Lipinski definition) is 0. The zero-order chi connectivity index (χ0) is 12.1. The van der Waals surface area contributed by atoms with Crippen LogP contribution in [0.25, 0.3) is 0 Å². The summed E-state index contributed by atoms with van der Waals surface area (Å²) >= 11 is 0. The van der Waals surface area contributed by atoms with Crippen LogP contribution in [0.3, 0.4) is 0 Å². The molecule has 0 aliphatic rings. The predicted octanol–water partition coefficient (Wildman–Crippen LogP) is 2.27. The summed E-state index contributed by atoms with van der Waals surface area (Å²) in [7, 11) is 3.48. The normalized spacial score (nSPS) is 9.69. The lowest BCUT2D eigenvalue weighted by molar-refractivity contribution is 0.401. The standard InChI is InChI=1S/C13H18N2O/c1-10-7-11(2)13(16-4)12(8-10)5-6-15(3)9-14/h7-8H,5-6H2,1-4H3. The van der Waals surface area contributed by atoms with E-state index in [1.54, 1.807) is 19.1 Å². The van der Waals surface area contributed by atoms with Crippen LogP contribution in [0.5, 0.6) is 5.75 Å². The second-order valence-electron chi connectivity index (χ2n) is 4.05. The molecule has 0 amide bonds. The molecule has 0 aliphatic carbocycles. The van der Waals surface area contributed by atoms with E-state index in [1.807, 2.05) is 6.92 Å². The summed E-state index contributed by atoms with van der Waals surface area (Å²) in [5, 5.41) is 8.69. The van der Waals surface area contributed by atoms with Crippen molar-refractivity contribution < 1.29 is 4.74 Å². The molecule has 0 aliphatic heterocycles. The van der Waals surface area contributed by atoms with E-state index in [4.69, 9.17) is 10.00 Å². The van der Waals surface area contributed by atoms with Crippen molar-refractivity contribution in [3.05, 3.63) is 28.8 Å². The van der Waals surface area contributed by atoms with Gasteiger partial charge in [0.2, 0.25) is 0 Å². The number of nitriles is 1. The monoisotopic (exact) mass is 218 g/mol. The Hall–Kier alpha value is -1.69. The largest absolute Gasteiger partial charge is 0.496 e. The summed E-state index contributed by atoms with van der Waals surface area (Å²) in [6.07, 6.45) is 2.92. The predicted molar refractivity (Wildman–Crippen MR) is 64.4 cm³/mol. The highest BCUT2D eigenvalue weighted by Gasteiger charge is 2.08. The van der Waals surface area contributed by atoms with E-state index < -0.39 is 0 Å². The molecule has 0 bridgehead atoms. The van der Waals surface area contributed by atoms with E-state index in [-0.39, 0.29) is 0 Å². The van der Waals surface area contributed by atoms with E-state index in [1.165, 1.54) is 11.1 Å². The van der Waals surface area contributed by atoms with Crippen molar-refractivity contribution in [3.63, 3.8) is 0 Å². The van der Waals surface area contributed by atoms with Gasteiger partial charge in [0.15, 0.2) is 6.19 Å². The van der Waals surface area contributed by atoms with Gasteiger partial charge in [0.25, 0.3) is 0 Å². The van der Waals surface area contributed by atoms with Crippen molar-refractivity contribution in [1.29, 1.82) is 5.26 Å². The number of methoxy groups -OCH3 is 1. The molecule has 0 heterocycles. The fourth-order valence-electron chi connectivity index (χ4n) is 1.86. The fraction of sp³-hybridized carbons (Fsp3) is 0.462. The zero-order valence-corrected chi connectivity index (χ0v) is 10.4. The van der Waals surface area contributed by atoms with Crippen LogP contribution in [-0.4, -0.2) is 25.6 Å². The molecule has 86 valence electrons. The Balaban J connectivity index is 2.90. The summed E-state index contributed by atoms with van der Waals surface area (Å²) < 4.78 is 5.40.